The van der Waals surface area contributed by atoms with Crippen LogP contribution in [0.1, 0.15) is 19.3 Å². The molecule has 2 heterocycles. The van der Waals surface area contributed by atoms with Gasteiger partial charge < -0.3 is 4.74 Å². The van der Waals surface area contributed by atoms with Crippen molar-refractivity contribution in [2.75, 3.05) is 0 Å². The predicted octanol–water partition coefficient (Wildman–Crippen LogP) is 4.19. The fourth-order valence-corrected chi connectivity index (χ4v) is 2.33. The molecule has 0 bridgehead atoms. The van der Waals surface area contributed by atoms with Crippen LogP contribution in [0.2, 0.25) is 5.15 Å². The SMILES string of the molecule is Fc1cc(-c2cnc(Cl)cn2)cnc1OC1(C(F)(F)F)CCC1. The van der Waals surface area contributed by atoms with Gasteiger partial charge in [-0.15, -0.1) is 0 Å². The lowest BCUT2D eigenvalue weighted by Gasteiger charge is -2.42. The molecule has 0 atom stereocenters. The Balaban J connectivity index is 1.87. The quantitative estimate of drug-likeness (QED) is 0.781. The van der Waals surface area contributed by atoms with Gasteiger partial charge in [-0.1, -0.05) is 11.6 Å². The number of aromatic nitrogens is 3. The first-order valence-electron chi connectivity index (χ1n) is 6.70. The van der Waals surface area contributed by atoms with Gasteiger partial charge in [-0.05, 0) is 25.3 Å². The van der Waals surface area contributed by atoms with Gasteiger partial charge in [0.2, 0.25) is 5.60 Å². The molecule has 1 aliphatic carbocycles. The van der Waals surface area contributed by atoms with Gasteiger partial charge in [-0.25, -0.2) is 14.4 Å². The van der Waals surface area contributed by atoms with Gasteiger partial charge in [-0.2, -0.15) is 13.2 Å². The number of ether oxygens (including phenoxy) is 1. The van der Waals surface area contributed by atoms with Crippen molar-refractivity contribution in [1.29, 1.82) is 0 Å². The van der Waals surface area contributed by atoms with E-state index in [0.717, 1.165) is 6.07 Å². The van der Waals surface area contributed by atoms with Gasteiger partial charge in [0.15, 0.2) is 5.82 Å². The maximum atomic E-state index is 14.1. The molecule has 0 radical (unpaired) electrons. The minimum absolute atomic E-state index is 0.166. The average Bonchev–Trinajstić information content (AvgIpc) is 2.43. The molecule has 2 aromatic heterocycles. The van der Waals surface area contributed by atoms with Crippen molar-refractivity contribution >= 4 is 11.6 Å². The molecular formula is C14H10ClF4N3O. The topological polar surface area (TPSA) is 47.9 Å². The summed E-state index contributed by atoms with van der Waals surface area (Å²) in [7, 11) is 0. The summed E-state index contributed by atoms with van der Waals surface area (Å²) in [6, 6.07) is 1.00. The summed E-state index contributed by atoms with van der Waals surface area (Å²) in [6.45, 7) is 0. The number of hydrogen-bond donors (Lipinski definition) is 0. The van der Waals surface area contributed by atoms with Crippen LogP contribution in [0.5, 0.6) is 5.88 Å². The summed E-state index contributed by atoms with van der Waals surface area (Å²) in [5.74, 6) is -1.66. The highest BCUT2D eigenvalue weighted by molar-refractivity contribution is 6.29. The molecule has 4 nitrogen and oxygen atoms in total. The second-order valence-electron chi connectivity index (χ2n) is 5.18. The van der Waals surface area contributed by atoms with Crippen molar-refractivity contribution < 1.29 is 22.3 Å². The highest BCUT2D eigenvalue weighted by Crippen LogP contribution is 2.48. The van der Waals surface area contributed by atoms with Crippen LogP contribution in [-0.4, -0.2) is 26.7 Å². The molecule has 0 aliphatic heterocycles. The van der Waals surface area contributed by atoms with E-state index < -0.39 is 23.5 Å². The Morgan fingerprint density at radius 2 is 1.83 bits per heavy atom. The largest absolute Gasteiger partial charge is 0.459 e. The Morgan fingerprint density at radius 1 is 1.09 bits per heavy atom. The van der Waals surface area contributed by atoms with E-state index in [1.165, 1.54) is 18.6 Å². The van der Waals surface area contributed by atoms with Gasteiger partial charge >= 0.3 is 6.18 Å². The van der Waals surface area contributed by atoms with Crippen molar-refractivity contribution in [2.24, 2.45) is 0 Å². The van der Waals surface area contributed by atoms with E-state index in [-0.39, 0.29) is 23.6 Å². The molecule has 0 saturated heterocycles. The van der Waals surface area contributed by atoms with Gasteiger partial charge in [0.25, 0.3) is 5.88 Å². The molecule has 3 rings (SSSR count). The molecule has 9 heteroatoms. The lowest BCUT2D eigenvalue weighted by molar-refractivity contribution is -0.275. The zero-order valence-electron chi connectivity index (χ0n) is 11.6. The first-order valence-corrected chi connectivity index (χ1v) is 7.08. The highest BCUT2D eigenvalue weighted by atomic mass is 35.5. The third-order valence-electron chi connectivity index (χ3n) is 3.69. The van der Waals surface area contributed by atoms with E-state index in [1.807, 2.05) is 0 Å². The van der Waals surface area contributed by atoms with Gasteiger partial charge in [0.1, 0.15) is 5.15 Å². The van der Waals surface area contributed by atoms with E-state index >= 15 is 0 Å². The fraction of sp³-hybridized carbons (Fsp3) is 0.357. The normalized spacial score (nSPS) is 16.7. The van der Waals surface area contributed by atoms with Crippen LogP contribution in [-0.2, 0) is 0 Å². The van der Waals surface area contributed by atoms with Crippen LogP contribution >= 0.6 is 11.6 Å². The Labute approximate surface area is 133 Å². The smallest absolute Gasteiger partial charge is 0.428 e. The first-order chi connectivity index (χ1) is 10.8. The Hall–Kier alpha value is -1.96. The standard InChI is InChI=1S/C14H10ClF4N3O/c15-11-7-20-10(6-21-11)8-4-9(16)12(22-5-8)23-13(2-1-3-13)14(17,18)19/h4-7H,1-3H2. The molecule has 0 amide bonds. The predicted molar refractivity (Wildman–Crippen MR) is 73.5 cm³/mol. The van der Waals surface area contributed by atoms with Crippen LogP contribution < -0.4 is 4.74 Å². The van der Waals surface area contributed by atoms with Crippen LogP contribution in [0.4, 0.5) is 17.6 Å². The van der Waals surface area contributed by atoms with Crippen molar-refractivity contribution in [3.8, 4) is 17.1 Å². The number of nitrogens with zero attached hydrogens (tertiary/aromatic N) is 3. The molecule has 1 aliphatic rings. The summed E-state index contributed by atoms with van der Waals surface area (Å²) in [5.41, 5.74) is -1.79. The van der Waals surface area contributed by atoms with Crippen LogP contribution in [0.15, 0.2) is 24.7 Å². The molecule has 1 saturated carbocycles. The minimum Gasteiger partial charge on any atom is -0.459 e. The molecular weight excluding hydrogens is 338 g/mol. The van der Waals surface area contributed by atoms with Gasteiger partial charge in [0.05, 0.1) is 18.1 Å². The molecule has 0 unspecified atom stereocenters. The van der Waals surface area contributed by atoms with Crippen LogP contribution in [0.25, 0.3) is 11.3 Å². The van der Waals surface area contributed by atoms with E-state index in [9.17, 15) is 17.6 Å². The summed E-state index contributed by atoms with van der Waals surface area (Å²) in [4.78, 5) is 11.4. The number of rotatable bonds is 3. The molecule has 23 heavy (non-hydrogen) atoms. The summed E-state index contributed by atoms with van der Waals surface area (Å²) < 4.78 is 58.1. The summed E-state index contributed by atoms with van der Waals surface area (Å²) >= 11 is 5.60. The minimum atomic E-state index is -4.57. The fourth-order valence-electron chi connectivity index (χ4n) is 2.23. The third-order valence-corrected chi connectivity index (χ3v) is 3.89. The van der Waals surface area contributed by atoms with E-state index in [1.54, 1.807) is 0 Å². The number of alkyl halides is 3. The lowest BCUT2D eigenvalue weighted by Crippen LogP contribution is -2.55. The maximum absolute atomic E-state index is 14.1. The summed E-state index contributed by atoms with van der Waals surface area (Å²) in [6.07, 6.45) is -0.850. The van der Waals surface area contributed by atoms with Gasteiger partial charge in [0, 0.05) is 11.8 Å². The van der Waals surface area contributed by atoms with Gasteiger partial charge in [-0.3, -0.25) is 4.98 Å². The Kier molecular flexibility index (Phi) is 3.87. The van der Waals surface area contributed by atoms with Crippen molar-refractivity contribution in [3.63, 3.8) is 0 Å². The second-order valence-corrected chi connectivity index (χ2v) is 5.57. The van der Waals surface area contributed by atoms with E-state index in [0.29, 0.717) is 12.1 Å². The third kappa shape index (κ3) is 2.95. The number of halogens is 5. The van der Waals surface area contributed by atoms with Crippen molar-refractivity contribution in [3.05, 3.63) is 35.6 Å². The van der Waals surface area contributed by atoms with Crippen molar-refractivity contribution in [1.82, 2.24) is 15.0 Å². The molecule has 1 fully saturated rings. The van der Waals surface area contributed by atoms with Crippen LogP contribution in [0, 0.1) is 5.82 Å². The van der Waals surface area contributed by atoms with Crippen molar-refractivity contribution in [2.45, 2.75) is 31.0 Å². The van der Waals surface area contributed by atoms with Crippen LogP contribution in [0.3, 0.4) is 0 Å². The molecule has 0 aromatic carbocycles. The van der Waals surface area contributed by atoms with E-state index in [4.69, 9.17) is 16.3 Å². The number of pyridine rings is 1. The molecule has 2 aromatic rings. The Bertz CT molecular complexity index is 717. The highest BCUT2D eigenvalue weighted by Gasteiger charge is 2.61. The lowest BCUT2D eigenvalue weighted by atomic mass is 9.79. The number of hydrogen-bond acceptors (Lipinski definition) is 4. The zero-order valence-corrected chi connectivity index (χ0v) is 12.3. The zero-order chi connectivity index (χ0) is 16.7. The first kappa shape index (κ1) is 15.9. The average molecular weight is 348 g/mol. The Morgan fingerprint density at radius 3 is 2.30 bits per heavy atom. The second kappa shape index (κ2) is 5.59. The maximum Gasteiger partial charge on any atom is 0.428 e. The summed E-state index contributed by atoms with van der Waals surface area (Å²) in [5, 5.41) is 0.166. The molecule has 122 valence electrons. The monoisotopic (exact) mass is 347 g/mol. The molecule has 0 N–H and O–H groups in total. The molecule has 0 spiro atoms. The van der Waals surface area contributed by atoms with E-state index in [2.05, 4.69) is 15.0 Å².